The van der Waals surface area contributed by atoms with Crippen molar-refractivity contribution in [2.24, 2.45) is 0 Å². The quantitative estimate of drug-likeness (QED) is 0.794. The van der Waals surface area contributed by atoms with Gasteiger partial charge in [-0.05, 0) is 65.8 Å². The molecule has 0 spiro atoms. The van der Waals surface area contributed by atoms with Crippen molar-refractivity contribution in [3.8, 4) is 5.75 Å². The summed E-state index contributed by atoms with van der Waals surface area (Å²) in [6.07, 6.45) is 0.940. The van der Waals surface area contributed by atoms with Gasteiger partial charge in [0, 0.05) is 15.3 Å². The van der Waals surface area contributed by atoms with Crippen LogP contribution >= 0.6 is 22.6 Å². The maximum atomic E-state index is 5.39. The Bertz CT molecular complexity index is 542. The molecule has 0 amide bonds. The maximum Gasteiger partial charge on any atom is 0.122 e. The molecule has 2 rings (SSSR count). The van der Waals surface area contributed by atoms with Gasteiger partial charge >= 0.3 is 0 Å². The van der Waals surface area contributed by atoms with E-state index in [1.165, 1.54) is 9.13 Å². The highest BCUT2D eigenvalue weighted by Crippen LogP contribution is 2.20. The Morgan fingerprint density at radius 2 is 1.95 bits per heavy atom. The minimum Gasteiger partial charge on any atom is -0.496 e. The minimum absolute atomic E-state index is 0.356. The number of hydrogen-bond donors (Lipinski definition) is 1. The van der Waals surface area contributed by atoms with E-state index in [2.05, 4.69) is 71.2 Å². The normalized spacial score (nSPS) is 11.9. The zero-order valence-electron chi connectivity index (χ0n) is 11.2. The molecule has 0 bridgehead atoms. The van der Waals surface area contributed by atoms with Crippen LogP contribution in [0.5, 0.6) is 5.75 Å². The SMILES string of the molecule is COc1ccccc1CC(C)Nc1cccc(I)c1. The summed E-state index contributed by atoms with van der Waals surface area (Å²) in [6.45, 7) is 2.19. The molecule has 0 aliphatic carbocycles. The molecule has 0 aliphatic rings. The summed E-state index contributed by atoms with van der Waals surface area (Å²) >= 11 is 2.33. The molecule has 1 unspecified atom stereocenters. The highest BCUT2D eigenvalue weighted by Gasteiger charge is 2.07. The lowest BCUT2D eigenvalue weighted by Crippen LogP contribution is -2.18. The third kappa shape index (κ3) is 4.13. The van der Waals surface area contributed by atoms with Gasteiger partial charge in [0.2, 0.25) is 0 Å². The van der Waals surface area contributed by atoms with Crippen molar-refractivity contribution in [1.82, 2.24) is 0 Å². The summed E-state index contributed by atoms with van der Waals surface area (Å²) in [7, 11) is 1.72. The minimum atomic E-state index is 0.356. The fourth-order valence-electron chi connectivity index (χ4n) is 2.12. The van der Waals surface area contributed by atoms with Gasteiger partial charge in [-0.15, -0.1) is 0 Å². The predicted molar refractivity (Wildman–Crippen MR) is 88.9 cm³/mol. The van der Waals surface area contributed by atoms with E-state index in [0.29, 0.717) is 6.04 Å². The predicted octanol–water partition coefficient (Wildman–Crippen LogP) is 4.34. The van der Waals surface area contributed by atoms with E-state index in [1.807, 2.05) is 12.1 Å². The van der Waals surface area contributed by atoms with Crippen molar-refractivity contribution < 1.29 is 4.74 Å². The van der Waals surface area contributed by atoms with Crippen molar-refractivity contribution in [2.75, 3.05) is 12.4 Å². The standard InChI is InChI=1S/C16H18INO/c1-12(18-15-8-5-7-14(17)11-15)10-13-6-3-4-9-16(13)19-2/h3-9,11-12,18H,10H2,1-2H3. The van der Waals surface area contributed by atoms with Crippen molar-refractivity contribution in [1.29, 1.82) is 0 Å². The molecule has 0 radical (unpaired) electrons. The van der Waals surface area contributed by atoms with Crippen molar-refractivity contribution >= 4 is 28.3 Å². The Labute approximate surface area is 128 Å². The number of ether oxygens (including phenoxy) is 1. The van der Waals surface area contributed by atoms with E-state index in [-0.39, 0.29) is 0 Å². The molecule has 0 saturated carbocycles. The zero-order chi connectivity index (χ0) is 13.7. The number of methoxy groups -OCH3 is 1. The smallest absolute Gasteiger partial charge is 0.122 e. The molecule has 0 fully saturated rings. The third-order valence-corrected chi connectivity index (χ3v) is 3.63. The van der Waals surface area contributed by atoms with Gasteiger partial charge in [0.15, 0.2) is 0 Å². The summed E-state index contributed by atoms with van der Waals surface area (Å²) < 4.78 is 6.63. The molecule has 100 valence electrons. The average molecular weight is 367 g/mol. The molecule has 2 aromatic rings. The van der Waals surface area contributed by atoms with Gasteiger partial charge in [0.1, 0.15) is 5.75 Å². The zero-order valence-corrected chi connectivity index (χ0v) is 13.3. The number of rotatable bonds is 5. The van der Waals surface area contributed by atoms with Crippen LogP contribution in [0.1, 0.15) is 12.5 Å². The fraction of sp³-hybridized carbons (Fsp3) is 0.250. The monoisotopic (exact) mass is 367 g/mol. The van der Waals surface area contributed by atoms with Crippen LogP contribution in [0.4, 0.5) is 5.69 Å². The lowest BCUT2D eigenvalue weighted by atomic mass is 10.1. The first-order valence-corrected chi connectivity index (χ1v) is 7.41. The second kappa shape index (κ2) is 6.80. The number of para-hydroxylation sites is 1. The summed E-state index contributed by atoms with van der Waals surface area (Å²) in [5.74, 6) is 0.957. The lowest BCUT2D eigenvalue weighted by Gasteiger charge is -2.17. The molecule has 3 heteroatoms. The van der Waals surface area contributed by atoms with Gasteiger partial charge in [-0.25, -0.2) is 0 Å². The summed E-state index contributed by atoms with van der Waals surface area (Å²) in [4.78, 5) is 0. The largest absolute Gasteiger partial charge is 0.496 e. The number of nitrogens with one attached hydrogen (secondary N) is 1. The highest BCUT2D eigenvalue weighted by atomic mass is 127. The topological polar surface area (TPSA) is 21.3 Å². The Kier molecular flexibility index (Phi) is 5.07. The van der Waals surface area contributed by atoms with E-state index < -0.39 is 0 Å². The summed E-state index contributed by atoms with van der Waals surface area (Å²) in [5.41, 5.74) is 2.39. The van der Waals surface area contributed by atoms with Gasteiger partial charge < -0.3 is 10.1 Å². The van der Waals surface area contributed by atoms with Crippen LogP contribution < -0.4 is 10.1 Å². The third-order valence-electron chi connectivity index (χ3n) is 2.96. The van der Waals surface area contributed by atoms with E-state index in [0.717, 1.165) is 17.9 Å². The van der Waals surface area contributed by atoms with E-state index in [4.69, 9.17) is 4.74 Å². The molecule has 0 heterocycles. The molecule has 2 aromatic carbocycles. The van der Waals surface area contributed by atoms with Crippen molar-refractivity contribution in [3.05, 3.63) is 57.7 Å². The van der Waals surface area contributed by atoms with Gasteiger partial charge in [0.25, 0.3) is 0 Å². The van der Waals surface area contributed by atoms with Crippen LogP contribution in [0.3, 0.4) is 0 Å². The molecule has 19 heavy (non-hydrogen) atoms. The van der Waals surface area contributed by atoms with Gasteiger partial charge in [-0.1, -0.05) is 24.3 Å². The van der Waals surface area contributed by atoms with E-state index in [9.17, 15) is 0 Å². The molecular weight excluding hydrogens is 349 g/mol. The highest BCUT2D eigenvalue weighted by molar-refractivity contribution is 14.1. The fourth-order valence-corrected chi connectivity index (χ4v) is 2.66. The first-order valence-electron chi connectivity index (χ1n) is 6.33. The molecule has 1 atom stereocenters. The van der Waals surface area contributed by atoms with Crippen molar-refractivity contribution in [2.45, 2.75) is 19.4 Å². The van der Waals surface area contributed by atoms with E-state index >= 15 is 0 Å². The van der Waals surface area contributed by atoms with Gasteiger partial charge in [-0.2, -0.15) is 0 Å². The molecular formula is C16H18INO. The van der Waals surface area contributed by atoms with Crippen LogP contribution in [-0.4, -0.2) is 13.2 Å². The summed E-state index contributed by atoms with van der Waals surface area (Å²) in [6, 6.07) is 16.9. The van der Waals surface area contributed by atoms with Crippen LogP contribution in [0.15, 0.2) is 48.5 Å². The number of anilines is 1. The molecule has 0 saturated heterocycles. The molecule has 1 N–H and O–H groups in total. The van der Waals surface area contributed by atoms with Crippen LogP contribution in [-0.2, 0) is 6.42 Å². The van der Waals surface area contributed by atoms with Crippen molar-refractivity contribution in [3.63, 3.8) is 0 Å². The van der Waals surface area contributed by atoms with Crippen LogP contribution in [0.2, 0.25) is 0 Å². The lowest BCUT2D eigenvalue weighted by molar-refractivity contribution is 0.409. The Balaban J connectivity index is 2.03. The van der Waals surface area contributed by atoms with Crippen LogP contribution in [0.25, 0.3) is 0 Å². The molecule has 0 aromatic heterocycles. The summed E-state index contributed by atoms with van der Waals surface area (Å²) in [5, 5.41) is 3.52. The number of benzene rings is 2. The van der Waals surface area contributed by atoms with Gasteiger partial charge in [-0.3, -0.25) is 0 Å². The molecule has 2 nitrogen and oxygen atoms in total. The van der Waals surface area contributed by atoms with Crippen LogP contribution in [0, 0.1) is 3.57 Å². The average Bonchev–Trinajstić information content (AvgIpc) is 2.39. The Morgan fingerprint density at radius 1 is 1.16 bits per heavy atom. The Morgan fingerprint density at radius 3 is 2.68 bits per heavy atom. The Hall–Kier alpha value is -1.23. The first kappa shape index (κ1) is 14.2. The maximum absolute atomic E-state index is 5.39. The van der Waals surface area contributed by atoms with Gasteiger partial charge in [0.05, 0.1) is 7.11 Å². The second-order valence-electron chi connectivity index (χ2n) is 4.57. The van der Waals surface area contributed by atoms with E-state index in [1.54, 1.807) is 7.11 Å². The first-order chi connectivity index (χ1) is 9.19. The second-order valence-corrected chi connectivity index (χ2v) is 5.82. The molecule has 0 aliphatic heterocycles. The number of halogens is 1. The number of hydrogen-bond acceptors (Lipinski definition) is 2.